The summed E-state index contributed by atoms with van der Waals surface area (Å²) in [7, 11) is 2.16. The number of urea groups is 1. The Balaban J connectivity index is 1.30. The van der Waals surface area contributed by atoms with Gasteiger partial charge in [-0.25, -0.2) is 4.79 Å². The average Bonchev–Trinajstić information content (AvgIpc) is 3.21. The fourth-order valence-electron chi connectivity index (χ4n) is 3.81. The van der Waals surface area contributed by atoms with Crippen LogP contribution in [0.5, 0.6) is 11.5 Å². The zero-order chi connectivity index (χ0) is 19.3. The van der Waals surface area contributed by atoms with Crippen molar-refractivity contribution in [2.24, 2.45) is 0 Å². The van der Waals surface area contributed by atoms with Crippen LogP contribution in [0, 0.1) is 0 Å². The van der Waals surface area contributed by atoms with Crippen molar-refractivity contribution in [3.63, 3.8) is 0 Å². The second-order valence-electron chi connectivity index (χ2n) is 7.46. The maximum absolute atomic E-state index is 12.7. The van der Waals surface area contributed by atoms with Crippen molar-refractivity contribution >= 4 is 11.7 Å². The van der Waals surface area contributed by atoms with E-state index >= 15 is 0 Å². The van der Waals surface area contributed by atoms with Gasteiger partial charge in [0.2, 0.25) is 6.79 Å². The topological polar surface area (TPSA) is 54.0 Å². The molecule has 0 bridgehead atoms. The smallest absolute Gasteiger partial charge is 0.321 e. The second-order valence-corrected chi connectivity index (χ2v) is 7.46. The predicted octanol–water partition coefficient (Wildman–Crippen LogP) is 3.59. The maximum atomic E-state index is 12.7. The molecular formula is C22H27N3O3. The number of hydrogen-bond donors (Lipinski definition) is 1. The molecule has 148 valence electrons. The molecule has 0 aliphatic carbocycles. The van der Waals surface area contributed by atoms with Gasteiger partial charge in [-0.1, -0.05) is 30.3 Å². The number of nitrogens with zero attached hydrogens (tertiary/aromatic N) is 2. The molecule has 2 aliphatic heterocycles. The molecule has 1 unspecified atom stereocenters. The van der Waals surface area contributed by atoms with Crippen LogP contribution in [0.15, 0.2) is 48.5 Å². The minimum absolute atomic E-state index is 0.0555. The molecule has 28 heavy (non-hydrogen) atoms. The summed E-state index contributed by atoms with van der Waals surface area (Å²) in [5.74, 6) is 1.39. The molecule has 0 radical (unpaired) electrons. The van der Waals surface area contributed by atoms with E-state index in [1.807, 2.05) is 29.2 Å². The zero-order valence-electron chi connectivity index (χ0n) is 16.3. The van der Waals surface area contributed by atoms with Gasteiger partial charge in [-0.3, -0.25) is 0 Å². The molecule has 0 saturated carbocycles. The molecule has 6 nitrogen and oxygen atoms in total. The van der Waals surface area contributed by atoms with E-state index in [4.69, 9.17) is 9.47 Å². The lowest BCUT2D eigenvalue weighted by Crippen LogP contribution is -2.50. The van der Waals surface area contributed by atoms with Crippen molar-refractivity contribution in [3.8, 4) is 11.5 Å². The summed E-state index contributed by atoms with van der Waals surface area (Å²) in [4.78, 5) is 17.0. The first-order valence-corrected chi connectivity index (χ1v) is 9.89. The number of amides is 2. The number of hydrogen-bond acceptors (Lipinski definition) is 4. The summed E-state index contributed by atoms with van der Waals surface area (Å²) < 4.78 is 10.7. The Labute approximate surface area is 166 Å². The van der Waals surface area contributed by atoms with Crippen LogP contribution in [0.1, 0.15) is 18.4 Å². The molecule has 2 heterocycles. The highest BCUT2D eigenvalue weighted by Crippen LogP contribution is 2.34. The Morgan fingerprint density at radius 2 is 2.00 bits per heavy atom. The van der Waals surface area contributed by atoms with E-state index in [0.29, 0.717) is 11.8 Å². The normalized spacial score (nSPS) is 18.4. The molecule has 4 rings (SSSR count). The maximum Gasteiger partial charge on any atom is 0.321 e. The number of anilines is 1. The number of carbonyl (C=O) groups excluding carboxylic acids is 1. The largest absolute Gasteiger partial charge is 0.454 e. The summed E-state index contributed by atoms with van der Waals surface area (Å²) in [5.41, 5.74) is 2.08. The summed E-state index contributed by atoms with van der Waals surface area (Å²) in [5, 5.41) is 2.99. The highest BCUT2D eigenvalue weighted by atomic mass is 16.7. The van der Waals surface area contributed by atoms with Crippen LogP contribution >= 0.6 is 0 Å². The Morgan fingerprint density at radius 3 is 2.86 bits per heavy atom. The molecule has 0 spiro atoms. The van der Waals surface area contributed by atoms with Crippen LogP contribution < -0.4 is 14.8 Å². The summed E-state index contributed by atoms with van der Waals surface area (Å²) in [6, 6.07) is 16.4. The third-order valence-corrected chi connectivity index (χ3v) is 5.53. The van der Waals surface area contributed by atoms with E-state index in [1.165, 1.54) is 5.56 Å². The number of nitrogens with one attached hydrogen (secondary N) is 1. The van der Waals surface area contributed by atoms with E-state index in [9.17, 15) is 4.79 Å². The number of benzene rings is 2. The summed E-state index contributed by atoms with van der Waals surface area (Å²) in [6.45, 7) is 2.77. The predicted molar refractivity (Wildman–Crippen MR) is 109 cm³/mol. The fourth-order valence-corrected chi connectivity index (χ4v) is 3.81. The van der Waals surface area contributed by atoms with Crippen LogP contribution in [-0.4, -0.2) is 55.3 Å². The number of carbonyl (C=O) groups is 1. The third-order valence-electron chi connectivity index (χ3n) is 5.53. The molecule has 2 aliphatic rings. The van der Waals surface area contributed by atoms with Gasteiger partial charge in [0.1, 0.15) is 0 Å². The van der Waals surface area contributed by atoms with E-state index < -0.39 is 0 Å². The van der Waals surface area contributed by atoms with Crippen LogP contribution in [0.25, 0.3) is 0 Å². The van der Waals surface area contributed by atoms with Gasteiger partial charge in [-0.05, 0) is 44.0 Å². The fraction of sp³-hybridized carbons (Fsp3) is 0.409. The van der Waals surface area contributed by atoms with E-state index in [1.54, 1.807) is 0 Å². The number of piperidine rings is 1. The third kappa shape index (κ3) is 4.39. The Kier molecular flexibility index (Phi) is 5.67. The van der Waals surface area contributed by atoms with E-state index in [0.717, 1.165) is 50.3 Å². The van der Waals surface area contributed by atoms with E-state index in [-0.39, 0.29) is 12.8 Å². The summed E-state index contributed by atoms with van der Waals surface area (Å²) >= 11 is 0. The first kappa shape index (κ1) is 18.6. The van der Waals surface area contributed by atoms with Crippen molar-refractivity contribution in [1.82, 2.24) is 9.80 Å². The molecule has 6 heteroatoms. The van der Waals surface area contributed by atoms with Gasteiger partial charge in [-0.15, -0.1) is 0 Å². The monoisotopic (exact) mass is 381 g/mol. The van der Waals surface area contributed by atoms with Crippen molar-refractivity contribution in [3.05, 3.63) is 54.1 Å². The first-order chi connectivity index (χ1) is 13.7. The van der Waals surface area contributed by atoms with Crippen molar-refractivity contribution in [1.29, 1.82) is 0 Å². The lowest BCUT2D eigenvalue weighted by atomic mass is 10.0. The first-order valence-electron chi connectivity index (χ1n) is 9.89. The quantitative estimate of drug-likeness (QED) is 0.860. The summed E-state index contributed by atoms with van der Waals surface area (Å²) in [6.07, 6.45) is 3.17. The Bertz CT molecular complexity index is 812. The lowest BCUT2D eigenvalue weighted by Gasteiger charge is -2.37. The Hall–Kier alpha value is -2.73. The van der Waals surface area contributed by atoms with Gasteiger partial charge in [0, 0.05) is 37.4 Å². The number of likely N-dealkylation sites (N-methyl/N-ethyl adjacent to an activating group) is 1. The molecule has 2 aromatic rings. The SMILES string of the molecule is CN(CCc1ccccc1)C1CCCN(C(=O)Nc2ccc3c(c2)OCO3)C1. The minimum Gasteiger partial charge on any atom is -0.454 e. The molecule has 0 aromatic heterocycles. The number of fused-ring (bicyclic) bond motifs is 1. The van der Waals surface area contributed by atoms with E-state index in [2.05, 4.69) is 41.5 Å². The van der Waals surface area contributed by atoms with Gasteiger partial charge in [-0.2, -0.15) is 0 Å². The van der Waals surface area contributed by atoms with Crippen molar-refractivity contribution < 1.29 is 14.3 Å². The molecule has 1 N–H and O–H groups in total. The highest BCUT2D eigenvalue weighted by Gasteiger charge is 2.26. The van der Waals surface area contributed by atoms with Gasteiger partial charge in [0.05, 0.1) is 0 Å². The van der Waals surface area contributed by atoms with Crippen molar-refractivity contribution in [2.45, 2.75) is 25.3 Å². The van der Waals surface area contributed by atoms with Gasteiger partial charge in [0.25, 0.3) is 0 Å². The van der Waals surface area contributed by atoms with Gasteiger partial charge < -0.3 is 24.6 Å². The van der Waals surface area contributed by atoms with Crippen molar-refractivity contribution in [2.75, 3.05) is 38.8 Å². The molecule has 1 fully saturated rings. The van der Waals surface area contributed by atoms with Gasteiger partial charge in [0.15, 0.2) is 11.5 Å². The number of rotatable bonds is 5. The molecule has 2 aromatic carbocycles. The number of likely N-dealkylation sites (tertiary alicyclic amines) is 1. The Morgan fingerprint density at radius 1 is 1.18 bits per heavy atom. The van der Waals surface area contributed by atoms with Crippen LogP contribution in [0.3, 0.4) is 0 Å². The minimum atomic E-state index is -0.0555. The highest BCUT2D eigenvalue weighted by molar-refractivity contribution is 5.89. The standard InChI is InChI=1S/C22H27N3O3/c1-24(13-11-17-6-3-2-4-7-17)19-8-5-12-25(15-19)22(26)23-18-9-10-20-21(14-18)28-16-27-20/h2-4,6-7,9-10,14,19H,5,8,11-13,15-16H2,1H3,(H,23,26). The zero-order valence-corrected chi connectivity index (χ0v) is 16.3. The number of ether oxygens (including phenoxy) is 2. The molecule has 1 atom stereocenters. The van der Waals surface area contributed by atoms with Crippen LogP contribution in [0.4, 0.5) is 10.5 Å². The molecule has 2 amide bonds. The lowest BCUT2D eigenvalue weighted by molar-refractivity contribution is 0.133. The second kappa shape index (κ2) is 8.52. The average molecular weight is 381 g/mol. The molecule has 1 saturated heterocycles. The van der Waals surface area contributed by atoms with Gasteiger partial charge >= 0.3 is 6.03 Å². The van der Waals surface area contributed by atoms with Crippen LogP contribution in [0.2, 0.25) is 0 Å². The molecular weight excluding hydrogens is 354 g/mol. The van der Waals surface area contributed by atoms with Crippen LogP contribution in [-0.2, 0) is 6.42 Å².